The van der Waals surface area contributed by atoms with E-state index < -0.39 is 0 Å². The molecule has 2 atom stereocenters. The third-order valence-corrected chi connectivity index (χ3v) is 2.36. The van der Waals surface area contributed by atoms with Gasteiger partial charge in [0.15, 0.2) is 0 Å². The maximum Gasteiger partial charge on any atom is 0.227 e. The monoisotopic (exact) mass is 171 g/mol. The van der Waals surface area contributed by atoms with Gasteiger partial charge in [-0.15, -0.1) is 0 Å². The molecular weight excluding hydrogens is 154 g/mol. The van der Waals surface area contributed by atoms with Crippen molar-refractivity contribution in [1.29, 1.82) is 0 Å². The van der Waals surface area contributed by atoms with Crippen molar-refractivity contribution in [3.63, 3.8) is 0 Å². The Kier molecular flexibility index (Phi) is 3.09. The molecule has 1 rings (SSSR count). The summed E-state index contributed by atoms with van der Waals surface area (Å²) in [7, 11) is 3.59. The highest BCUT2D eigenvalue weighted by Gasteiger charge is 2.29. The van der Waals surface area contributed by atoms with Gasteiger partial charge >= 0.3 is 0 Å². The molecule has 1 saturated heterocycles. The molecule has 1 amide bonds. The van der Waals surface area contributed by atoms with E-state index in [0.717, 1.165) is 19.4 Å². The third-order valence-electron chi connectivity index (χ3n) is 2.36. The zero-order chi connectivity index (χ0) is 9.14. The summed E-state index contributed by atoms with van der Waals surface area (Å²) in [4.78, 5) is 13.2. The smallest absolute Gasteiger partial charge is 0.227 e. The van der Waals surface area contributed by atoms with E-state index in [9.17, 15) is 4.79 Å². The maximum atomic E-state index is 11.6. The third kappa shape index (κ3) is 1.97. The second kappa shape index (κ2) is 3.90. The molecule has 0 unspecified atom stereocenters. The van der Waals surface area contributed by atoms with E-state index >= 15 is 0 Å². The summed E-state index contributed by atoms with van der Waals surface area (Å²) in [6.45, 7) is 2.78. The molecule has 1 aliphatic rings. The van der Waals surface area contributed by atoms with Crippen molar-refractivity contribution in [2.45, 2.75) is 25.9 Å². The molecule has 0 aromatic heterocycles. The van der Waals surface area contributed by atoms with Gasteiger partial charge in [-0.05, 0) is 19.8 Å². The van der Waals surface area contributed by atoms with Gasteiger partial charge in [-0.3, -0.25) is 4.79 Å². The average Bonchev–Trinajstić information content (AvgIpc) is 2.04. The van der Waals surface area contributed by atoms with E-state index in [0.29, 0.717) is 0 Å². The Morgan fingerprint density at radius 2 is 2.17 bits per heavy atom. The largest absolute Gasteiger partial charge is 0.378 e. The van der Waals surface area contributed by atoms with Crippen LogP contribution in [-0.4, -0.2) is 37.6 Å². The maximum absolute atomic E-state index is 11.6. The highest BCUT2D eigenvalue weighted by atomic mass is 16.5. The zero-order valence-corrected chi connectivity index (χ0v) is 8.04. The number of carbonyl (C=O) groups excluding carboxylic acids is 1. The van der Waals surface area contributed by atoms with Crippen LogP contribution in [0.5, 0.6) is 0 Å². The Balaban J connectivity index is 2.53. The number of nitrogens with zero attached hydrogens (tertiary/aromatic N) is 1. The summed E-state index contributed by atoms with van der Waals surface area (Å²) in [5.41, 5.74) is 0. The minimum Gasteiger partial charge on any atom is -0.378 e. The van der Waals surface area contributed by atoms with Crippen LogP contribution in [0, 0.1) is 5.92 Å². The SMILES string of the molecule is C[C@H]1OCCC[C@H]1C(=O)N(C)C. The fourth-order valence-corrected chi connectivity index (χ4v) is 1.58. The van der Waals surface area contributed by atoms with Gasteiger partial charge in [-0.25, -0.2) is 0 Å². The summed E-state index contributed by atoms with van der Waals surface area (Å²) in [6.07, 6.45) is 2.07. The predicted octanol–water partition coefficient (Wildman–Crippen LogP) is 0.890. The average molecular weight is 171 g/mol. The van der Waals surface area contributed by atoms with Crippen LogP contribution in [0.2, 0.25) is 0 Å². The summed E-state index contributed by atoms with van der Waals surface area (Å²) < 4.78 is 5.41. The number of rotatable bonds is 1. The zero-order valence-electron chi connectivity index (χ0n) is 8.04. The molecule has 1 fully saturated rings. The van der Waals surface area contributed by atoms with Crippen molar-refractivity contribution >= 4 is 5.91 Å². The van der Waals surface area contributed by atoms with Crippen molar-refractivity contribution in [2.24, 2.45) is 5.92 Å². The number of hydrogen-bond acceptors (Lipinski definition) is 2. The van der Waals surface area contributed by atoms with E-state index in [2.05, 4.69) is 0 Å². The van der Waals surface area contributed by atoms with Crippen LogP contribution < -0.4 is 0 Å². The quantitative estimate of drug-likeness (QED) is 0.586. The molecule has 1 heterocycles. The Bertz CT molecular complexity index is 168. The van der Waals surface area contributed by atoms with Gasteiger partial charge in [0.05, 0.1) is 12.0 Å². The first-order chi connectivity index (χ1) is 5.63. The number of amides is 1. The van der Waals surface area contributed by atoms with Crippen LogP contribution in [0.25, 0.3) is 0 Å². The topological polar surface area (TPSA) is 29.5 Å². The lowest BCUT2D eigenvalue weighted by molar-refractivity contribution is -0.141. The van der Waals surface area contributed by atoms with Gasteiger partial charge in [0.1, 0.15) is 0 Å². The lowest BCUT2D eigenvalue weighted by Gasteiger charge is -2.29. The first kappa shape index (κ1) is 9.52. The van der Waals surface area contributed by atoms with E-state index in [1.54, 1.807) is 19.0 Å². The Labute approximate surface area is 73.7 Å². The molecule has 12 heavy (non-hydrogen) atoms. The van der Waals surface area contributed by atoms with Crippen molar-refractivity contribution in [2.75, 3.05) is 20.7 Å². The van der Waals surface area contributed by atoms with E-state index in [4.69, 9.17) is 4.74 Å². The molecular formula is C9H17NO2. The minimum absolute atomic E-state index is 0.0775. The Hall–Kier alpha value is -0.570. The lowest BCUT2D eigenvalue weighted by atomic mass is 9.94. The molecule has 0 aliphatic carbocycles. The summed E-state index contributed by atoms with van der Waals surface area (Å²) in [6, 6.07) is 0. The van der Waals surface area contributed by atoms with Crippen LogP contribution in [0.4, 0.5) is 0 Å². The molecule has 1 aliphatic heterocycles. The second-order valence-electron chi connectivity index (χ2n) is 3.56. The summed E-state index contributed by atoms with van der Waals surface area (Å²) in [5.74, 6) is 0.274. The van der Waals surface area contributed by atoms with Gasteiger partial charge in [-0.1, -0.05) is 0 Å². The molecule has 0 aromatic carbocycles. The number of carbonyl (C=O) groups is 1. The van der Waals surface area contributed by atoms with Crippen LogP contribution in [0.3, 0.4) is 0 Å². The molecule has 3 heteroatoms. The molecule has 0 spiro atoms. The standard InChI is InChI=1S/C9H17NO2/c1-7-8(5-4-6-12-7)9(11)10(2)3/h7-8H,4-6H2,1-3H3/t7-,8-/m1/s1. The van der Waals surface area contributed by atoms with Crippen molar-refractivity contribution in [3.05, 3.63) is 0 Å². The van der Waals surface area contributed by atoms with Crippen LogP contribution in [0.1, 0.15) is 19.8 Å². The number of ether oxygens (including phenoxy) is 1. The highest BCUT2D eigenvalue weighted by Crippen LogP contribution is 2.21. The van der Waals surface area contributed by atoms with Crippen LogP contribution in [-0.2, 0) is 9.53 Å². The van der Waals surface area contributed by atoms with Gasteiger partial charge in [0.2, 0.25) is 5.91 Å². The lowest BCUT2D eigenvalue weighted by Crippen LogP contribution is -2.39. The van der Waals surface area contributed by atoms with Gasteiger partial charge in [0, 0.05) is 20.7 Å². The van der Waals surface area contributed by atoms with Crippen molar-refractivity contribution in [1.82, 2.24) is 4.90 Å². The predicted molar refractivity (Wildman–Crippen MR) is 46.8 cm³/mol. The van der Waals surface area contributed by atoms with Gasteiger partial charge < -0.3 is 9.64 Å². The fourth-order valence-electron chi connectivity index (χ4n) is 1.58. The first-order valence-electron chi connectivity index (χ1n) is 4.45. The Morgan fingerprint density at radius 1 is 1.50 bits per heavy atom. The summed E-state index contributed by atoms with van der Waals surface area (Å²) >= 11 is 0. The van der Waals surface area contributed by atoms with E-state index in [1.165, 1.54) is 0 Å². The fraction of sp³-hybridized carbons (Fsp3) is 0.889. The Morgan fingerprint density at radius 3 is 2.67 bits per heavy atom. The molecule has 0 aromatic rings. The number of hydrogen-bond donors (Lipinski definition) is 0. The van der Waals surface area contributed by atoms with E-state index in [-0.39, 0.29) is 17.9 Å². The van der Waals surface area contributed by atoms with Crippen LogP contribution in [0.15, 0.2) is 0 Å². The molecule has 0 N–H and O–H groups in total. The first-order valence-corrected chi connectivity index (χ1v) is 4.45. The van der Waals surface area contributed by atoms with Gasteiger partial charge in [0.25, 0.3) is 0 Å². The van der Waals surface area contributed by atoms with Gasteiger partial charge in [-0.2, -0.15) is 0 Å². The van der Waals surface area contributed by atoms with Crippen LogP contribution >= 0.6 is 0 Å². The second-order valence-corrected chi connectivity index (χ2v) is 3.56. The molecule has 0 bridgehead atoms. The normalized spacial score (nSPS) is 29.9. The molecule has 0 radical (unpaired) electrons. The minimum atomic E-state index is 0.0775. The van der Waals surface area contributed by atoms with Crippen molar-refractivity contribution in [3.8, 4) is 0 Å². The van der Waals surface area contributed by atoms with E-state index in [1.807, 2.05) is 6.92 Å². The molecule has 70 valence electrons. The molecule has 3 nitrogen and oxygen atoms in total. The van der Waals surface area contributed by atoms with Crippen molar-refractivity contribution < 1.29 is 9.53 Å². The summed E-state index contributed by atoms with van der Waals surface area (Å²) in [5, 5.41) is 0. The molecule has 0 saturated carbocycles. The highest BCUT2D eigenvalue weighted by molar-refractivity contribution is 5.78.